The van der Waals surface area contributed by atoms with Crippen molar-refractivity contribution >= 4 is 0 Å². The normalized spacial score (nSPS) is 12.1. The minimum absolute atomic E-state index is 0.167. The first-order valence-electron chi connectivity index (χ1n) is 6.21. The SMILES string of the molecule is CCCNC(C)c1c(OC)cc(OC)cc1OC. The fourth-order valence-electron chi connectivity index (χ4n) is 1.92. The maximum atomic E-state index is 5.43. The first-order chi connectivity index (χ1) is 8.67. The Morgan fingerprint density at radius 1 is 1.06 bits per heavy atom. The third kappa shape index (κ3) is 3.29. The van der Waals surface area contributed by atoms with E-state index in [0.29, 0.717) is 0 Å². The summed E-state index contributed by atoms with van der Waals surface area (Å²) < 4.78 is 16.1. The number of nitrogens with one attached hydrogen (secondary N) is 1. The van der Waals surface area contributed by atoms with Crippen LogP contribution in [-0.2, 0) is 0 Å². The van der Waals surface area contributed by atoms with E-state index >= 15 is 0 Å². The van der Waals surface area contributed by atoms with Crippen molar-refractivity contribution in [2.24, 2.45) is 0 Å². The second kappa shape index (κ2) is 7.11. The van der Waals surface area contributed by atoms with E-state index in [2.05, 4.69) is 19.2 Å². The van der Waals surface area contributed by atoms with Gasteiger partial charge in [0, 0.05) is 18.2 Å². The summed E-state index contributed by atoms with van der Waals surface area (Å²) in [5.74, 6) is 2.29. The first kappa shape index (κ1) is 14.6. The number of hydrogen-bond acceptors (Lipinski definition) is 4. The van der Waals surface area contributed by atoms with Crippen molar-refractivity contribution in [3.05, 3.63) is 17.7 Å². The topological polar surface area (TPSA) is 39.7 Å². The Labute approximate surface area is 109 Å². The highest BCUT2D eigenvalue weighted by molar-refractivity contribution is 5.52. The molecular formula is C14H23NO3. The Bertz CT molecular complexity index is 354. The summed E-state index contributed by atoms with van der Waals surface area (Å²) in [5.41, 5.74) is 1.02. The molecule has 0 aliphatic carbocycles. The van der Waals surface area contributed by atoms with Gasteiger partial charge in [0.1, 0.15) is 17.2 Å². The predicted octanol–water partition coefficient (Wildman–Crippen LogP) is 2.77. The van der Waals surface area contributed by atoms with E-state index < -0.39 is 0 Å². The van der Waals surface area contributed by atoms with Crippen molar-refractivity contribution in [2.45, 2.75) is 26.3 Å². The van der Waals surface area contributed by atoms with Gasteiger partial charge in [0.05, 0.1) is 26.9 Å². The van der Waals surface area contributed by atoms with Crippen LogP contribution in [0.2, 0.25) is 0 Å². The van der Waals surface area contributed by atoms with E-state index in [1.807, 2.05) is 12.1 Å². The van der Waals surface area contributed by atoms with Crippen LogP contribution in [0.25, 0.3) is 0 Å². The number of hydrogen-bond donors (Lipinski definition) is 1. The molecule has 0 amide bonds. The zero-order valence-electron chi connectivity index (χ0n) is 11.9. The van der Waals surface area contributed by atoms with E-state index in [1.54, 1.807) is 21.3 Å². The Hall–Kier alpha value is -1.42. The van der Waals surface area contributed by atoms with Gasteiger partial charge in [-0.3, -0.25) is 0 Å². The van der Waals surface area contributed by atoms with Gasteiger partial charge in [-0.05, 0) is 19.9 Å². The molecule has 0 saturated heterocycles. The summed E-state index contributed by atoms with van der Waals surface area (Å²) in [5, 5.41) is 3.43. The van der Waals surface area contributed by atoms with Crippen LogP contribution in [0.4, 0.5) is 0 Å². The van der Waals surface area contributed by atoms with Gasteiger partial charge in [0.2, 0.25) is 0 Å². The second-order valence-corrected chi connectivity index (χ2v) is 4.12. The average Bonchev–Trinajstić information content (AvgIpc) is 2.42. The fraction of sp³-hybridized carbons (Fsp3) is 0.571. The van der Waals surface area contributed by atoms with E-state index in [4.69, 9.17) is 14.2 Å². The smallest absolute Gasteiger partial charge is 0.131 e. The third-order valence-corrected chi connectivity index (χ3v) is 2.89. The zero-order valence-corrected chi connectivity index (χ0v) is 11.9. The van der Waals surface area contributed by atoms with E-state index in [9.17, 15) is 0 Å². The molecule has 18 heavy (non-hydrogen) atoms. The highest BCUT2D eigenvalue weighted by Crippen LogP contribution is 2.38. The van der Waals surface area contributed by atoms with Crippen LogP contribution < -0.4 is 19.5 Å². The summed E-state index contributed by atoms with van der Waals surface area (Å²) in [6.45, 7) is 5.20. The quantitative estimate of drug-likeness (QED) is 0.811. The highest BCUT2D eigenvalue weighted by atomic mass is 16.5. The largest absolute Gasteiger partial charge is 0.496 e. The lowest BCUT2D eigenvalue weighted by atomic mass is 10.0. The molecule has 0 aliphatic heterocycles. The number of rotatable bonds is 7. The molecule has 102 valence electrons. The lowest BCUT2D eigenvalue weighted by Gasteiger charge is -2.20. The van der Waals surface area contributed by atoms with Crippen molar-refractivity contribution in [3.8, 4) is 17.2 Å². The van der Waals surface area contributed by atoms with Crippen molar-refractivity contribution in [2.75, 3.05) is 27.9 Å². The van der Waals surface area contributed by atoms with Gasteiger partial charge >= 0.3 is 0 Å². The molecule has 0 bridgehead atoms. The lowest BCUT2D eigenvalue weighted by molar-refractivity contribution is 0.360. The first-order valence-corrected chi connectivity index (χ1v) is 6.21. The standard InChI is InChI=1S/C14H23NO3/c1-6-7-15-10(2)14-12(17-4)8-11(16-3)9-13(14)18-5/h8-10,15H,6-7H2,1-5H3. The van der Waals surface area contributed by atoms with Crippen LogP contribution in [0.5, 0.6) is 17.2 Å². The maximum absolute atomic E-state index is 5.43. The van der Waals surface area contributed by atoms with Gasteiger partial charge < -0.3 is 19.5 Å². The molecule has 1 unspecified atom stereocenters. The highest BCUT2D eigenvalue weighted by Gasteiger charge is 2.18. The minimum atomic E-state index is 0.167. The van der Waals surface area contributed by atoms with E-state index in [-0.39, 0.29) is 6.04 Å². The molecule has 0 fully saturated rings. The van der Waals surface area contributed by atoms with E-state index in [0.717, 1.165) is 35.8 Å². The van der Waals surface area contributed by atoms with E-state index in [1.165, 1.54) is 0 Å². The summed E-state index contributed by atoms with van der Waals surface area (Å²) in [6.07, 6.45) is 1.09. The molecular weight excluding hydrogens is 230 g/mol. The van der Waals surface area contributed by atoms with Crippen molar-refractivity contribution < 1.29 is 14.2 Å². The van der Waals surface area contributed by atoms with Crippen molar-refractivity contribution in [1.82, 2.24) is 5.32 Å². The Morgan fingerprint density at radius 2 is 1.61 bits per heavy atom. The van der Waals surface area contributed by atoms with Crippen LogP contribution in [0.3, 0.4) is 0 Å². The predicted molar refractivity (Wildman–Crippen MR) is 72.8 cm³/mol. The third-order valence-electron chi connectivity index (χ3n) is 2.89. The lowest BCUT2D eigenvalue weighted by Crippen LogP contribution is -2.20. The van der Waals surface area contributed by atoms with Gasteiger partial charge in [0.25, 0.3) is 0 Å². The number of benzene rings is 1. The van der Waals surface area contributed by atoms with Crippen LogP contribution >= 0.6 is 0 Å². The molecule has 1 aromatic rings. The summed E-state index contributed by atoms with van der Waals surface area (Å²) in [7, 11) is 4.95. The molecule has 0 aliphatic rings. The Kier molecular flexibility index (Phi) is 5.78. The summed E-state index contributed by atoms with van der Waals surface area (Å²) in [6, 6.07) is 3.92. The molecule has 1 aromatic carbocycles. The monoisotopic (exact) mass is 253 g/mol. The average molecular weight is 253 g/mol. The maximum Gasteiger partial charge on any atom is 0.131 e. The molecule has 0 saturated carbocycles. The van der Waals surface area contributed by atoms with Gasteiger partial charge in [-0.2, -0.15) is 0 Å². The molecule has 0 aromatic heterocycles. The molecule has 4 heteroatoms. The van der Waals surface area contributed by atoms with Gasteiger partial charge in [0.15, 0.2) is 0 Å². The molecule has 1 atom stereocenters. The van der Waals surface area contributed by atoms with Gasteiger partial charge in [-0.1, -0.05) is 6.92 Å². The zero-order chi connectivity index (χ0) is 13.5. The summed E-state index contributed by atoms with van der Waals surface area (Å²) in [4.78, 5) is 0. The van der Waals surface area contributed by atoms with Crippen LogP contribution in [0.1, 0.15) is 31.9 Å². The fourth-order valence-corrected chi connectivity index (χ4v) is 1.92. The number of ether oxygens (including phenoxy) is 3. The molecule has 0 spiro atoms. The summed E-state index contributed by atoms with van der Waals surface area (Å²) >= 11 is 0. The molecule has 1 N–H and O–H groups in total. The Balaban J connectivity index is 3.13. The molecule has 0 heterocycles. The van der Waals surface area contributed by atoms with Crippen LogP contribution in [-0.4, -0.2) is 27.9 Å². The van der Waals surface area contributed by atoms with Gasteiger partial charge in [-0.15, -0.1) is 0 Å². The Morgan fingerprint density at radius 3 is 2.00 bits per heavy atom. The molecule has 0 radical (unpaired) electrons. The minimum Gasteiger partial charge on any atom is -0.496 e. The van der Waals surface area contributed by atoms with Crippen LogP contribution in [0, 0.1) is 0 Å². The van der Waals surface area contributed by atoms with Crippen molar-refractivity contribution in [1.29, 1.82) is 0 Å². The number of methoxy groups -OCH3 is 3. The molecule has 1 rings (SSSR count). The molecule has 4 nitrogen and oxygen atoms in total. The van der Waals surface area contributed by atoms with Crippen molar-refractivity contribution in [3.63, 3.8) is 0 Å². The van der Waals surface area contributed by atoms with Crippen LogP contribution in [0.15, 0.2) is 12.1 Å². The van der Waals surface area contributed by atoms with Gasteiger partial charge in [-0.25, -0.2) is 0 Å². The second-order valence-electron chi connectivity index (χ2n) is 4.12.